The highest BCUT2D eigenvalue weighted by Crippen LogP contribution is 2.56. The van der Waals surface area contributed by atoms with Crippen LogP contribution in [0.25, 0.3) is 10.4 Å². The molecule has 170 valence electrons. The van der Waals surface area contributed by atoms with Crippen molar-refractivity contribution in [3.63, 3.8) is 0 Å². The van der Waals surface area contributed by atoms with Crippen molar-refractivity contribution < 1.29 is 40.2 Å². The smallest absolute Gasteiger partial charge is 0.457 e. The Bertz CT molecular complexity index is 1220. The van der Waals surface area contributed by atoms with Gasteiger partial charge in [0.2, 0.25) is 0 Å². The van der Waals surface area contributed by atoms with Gasteiger partial charge in [-0.2, -0.15) is 13.2 Å². The fraction of sp³-hybridized carbons (Fsp3) is 0.333. The first-order chi connectivity index (χ1) is 15.0. The number of nitrogens with zero attached hydrogens (tertiary/aromatic N) is 3. The van der Waals surface area contributed by atoms with E-state index in [4.69, 9.17) is 19.7 Å². The Morgan fingerprint density at radius 2 is 1.91 bits per heavy atom. The lowest BCUT2D eigenvalue weighted by molar-refractivity contribution is -0.167. The molecule has 1 saturated heterocycles. The Hall–Kier alpha value is -2.38. The predicted molar refractivity (Wildman–Crippen MR) is 104 cm³/mol. The number of sulfone groups is 1. The lowest BCUT2D eigenvalue weighted by atomic mass is 10.1. The molecule has 4 rings (SSSR count). The number of azide groups is 1. The average Bonchev–Trinajstić information content (AvgIpc) is 3.27. The van der Waals surface area contributed by atoms with Crippen LogP contribution >= 0.6 is 15.9 Å². The number of hydrogen-bond donors (Lipinski definition) is 0. The number of benzene rings is 2. The normalized spacial score (nSPS) is 19.6. The van der Waals surface area contributed by atoms with E-state index in [9.17, 15) is 26.0 Å². The first-order valence-corrected chi connectivity index (χ1v) is 11.2. The summed E-state index contributed by atoms with van der Waals surface area (Å²) in [7, 11) is -5.82. The van der Waals surface area contributed by atoms with Crippen molar-refractivity contribution in [1.82, 2.24) is 0 Å². The summed E-state index contributed by atoms with van der Waals surface area (Å²) in [6, 6.07) is 4.12. The van der Waals surface area contributed by atoms with E-state index in [1.54, 1.807) is 0 Å². The summed E-state index contributed by atoms with van der Waals surface area (Å²) >= 11 is 3.10. The van der Waals surface area contributed by atoms with Gasteiger partial charge in [0.1, 0.15) is 17.3 Å². The molecule has 1 heterocycles. The third-order valence-electron chi connectivity index (χ3n) is 4.95. The van der Waals surface area contributed by atoms with Gasteiger partial charge in [0.15, 0.2) is 5.79 Å². The van der Waals surface area contributed by atoms with Crippen molar-refractivity contribution >= 4 is 25.8 Å². The van der Waals surface area contributed by atoms with Crippen LogP contribution in [0, 0.1) is 5.82 Å². The highest BCUT2D eigenvalue weighted by molar-refractivity contribution is 9.10. The Labute approximate surface area is 186 Å². The summed E-state index contributed by atoms with van der Waals surface area (Å²) in [6.07, 6.45) is -0.264. The van der Waals surface area contributed by atoms with Crippen molar-refractivity contribution in [1.29, 1.82) is 0 Å². The van der Waals surface area contributed by atoms with Crippen LogP contribution in [0.4, 0.5) is 17.6 Å². The summed E-state index contributed by atoms with van der Waals surface area (Å²) in [5, 5.41) is 3.59. The largest absolute Gasteiger partial charge is 0.501 e. The Balaban J connectivity index is 1.99. The Kier molecular flexibility index (Phi) is 5.62. The van der Waals surface area contributed by atoms with Crippen molar-refractivity contribution in [2.75, 3.05) is 13.2 Å². The van der Waals surface area contributed by atoms with Gasteiger partial charge in [-0.3, -0.25) is 0 Å². The van der Waals surface area contributed by atoms with Crippen LogP contribution < -0.4 is 4.74 Å². The van der Waals surface area contributed by atoms with Gasteiger partial charge in [0, 0.05) is 33.0 Å². The molecule has 0 radical (unpaired) electrons. The van der Waals surface area contributed by atoms with Crippen molar-refractivity contribution in [2.24, 2.45) is 5.11 Å². The summed E-state index contributed by atoms with van der Waals surface area (Å²) in [5.41, 5.74) is 2.78. The molecule has 1 aliphatic heterocycles. The number of rotatable bonds is 4. The van der Waals surface area contributed by atoms with E-state index in [1.807, 2.05) is 0 Å². The summed E-state index contributed by atoms with van der Waals surface area (Å²) in [4.78, 5) is 1.61. The molecular formula is C18H12BrF4N3O5S. The zero-order valence-electron chi connectivity index (χ0n) is 15.8. The Morgan fingerprint density at radius 1 is 1.22 bits per heavy atom. The van der Waals surface area contributed by atoms with Crippen LogP contribution in [0.15, 0.2) is 44.8 Å². The van der Waals surface area contributed by atoms with E-state index in [0.717, 1.165) is 24.3 Å². The van der Waals surface area contributed by atoms with Crippen molar-refractivity contribution in [2.45, 2.75) is 28.7 Å². The molecule has 2 aliphatic rings. The third-order valence-corrected chi connectivity index (χ3v) is 6.93. The second kappa shape index (κ2) is 7.89. The molecule has 1 atom stereocenters. The second-order valence-electron chi connectivity index (χ2n) is 6.88. The van der Waals surface area contributed by atoms with Crippen molar-refractivity contribution in [3.8, 4) is 11.5 Å². The van der Waals surface area contributed by atoms with Crippen LogP contribution in [-0.2, 0) is 25.1 Å². The van der Waals surface area contributed by atoms with Gasteiger partial charge in [-0.1, -0.05) is 21.0 Å². The second-order valence-corrected chi connectivity index (χ2v) is 9.71. The van der Waals surface area contributed by atoms with Crippen LogP contribution in [-0.4, -0.2) is 27.1 Å². The lowest BCUT2D eigenvalue weighted by Gasteiger charge is -2.26. The maximum atomic E-state index is 13.8. The molecule has 32 heavy (non-hydrogen) atoms. The van der Waals surface area contributed by atoms with Crippen LogP contribution in [0.1, 0.15) is 23.6 Å². The van der Waals surface area contributed by atoms with Gasteiger partial charge in [-0.25, -0.2) is 12.8 Å². The minimum Gasteiger partial charge on any atom is -0.457 e. The standard InChI is InChI=1S/C18H12BrF4N3O5S/c19-9-5-10(20)7-11(6-9)31-13-1-2-14(32(27,28)18(21,22)23)16-15(13)12(25-26-24)8-17(16)29-3-4-30-17/h1-2,5-7,12H,3-4,8H2. The number of fused-ring (bicyclic) bond motifs is 2. The van der Waals surface area contributed by atoms with Gasteiger partial charge in [0.05, 0.1) is 24.2 Å². The molecule has 0 bridgehead atoms. The molecule has 0 N–H and O–H groups in total. The molecule has 8 nitrogen and oxygen atoms in total. The third kappa shape index (κ3) is 3.71. The van der Waals surface area contributed by atoms with E-state index >= 15 is 0 Å². The number of halogens is 5. The quantitative estimate of drug-likeness (QED) is 0.217. The van der Waals surface area contributed by atoms with E-state index < -0.39 is 43.5 Å². The summed E-state index contributed by atoms with van der Waals surface area (Å²) < 4.78 is 95.8. The Morgan fingerprint density at radius 3 is 2.50 bits per heavy atom. The van der Waals surface area contributed by atoms with Gasteiger partial charge in [0.25, 0.3) is 9.84 Å². The highest BCUT2D eigenvalue weighted by atomic mass is 79.9. The van der Waals surface area contributed by atoms with Gasteiger partial charge >= 0.3 is 5.51 Å². The first kappa shape index (κ1) is 22.8. The monoisotopic (exact) mass is 537 g/mol. The summed E-state index contributed by atoms with van der Waals surface area (Å²) in [6.45, 7) is -0.0360. The SMILES string of the molecule is [N-]=[N+]=NC1CC2(OCCO2)c2c(S(=O)(=O)C(F)(F)F)ccc(Oc3cc(F)cc(Br)c3)c21. The first-order valence-electron chi connectivity index (χ1n) is 8.93. The fourth-order valence-electron chi connectivity index (χ4n) is 3.79. The zero-order chi connectivity index (χ0) is 23.3. The predicted octanol–water partition coefficient (Wildman–Crippen LogP) is 5.63. The van der Waals surface area contributed by atoms with E-state index in [2.05, 4.69) is 26.0 Å². The maximum Gasteiger partial charge on any atom is 0.501 e. The molecule has 1 fully saturated rings. The lowest BCUT2D eigenvalue weighted by Crippen LogP contribution is -2.30. The number of hydrogen-bond acceptors (Lipinski definition) is 6. The molecular weight excluding hydrogens is 526 g/mol. The van der Waals surface area contributed by atoms with Gasteiger partial charge in [-0.15, -0.1) is 0 Å². The molecule has 14 heteroatoms. The minimum atomic E-state index is -5.82. The topological polar surface area (TPSA) is 111 Å². The zero-order valence-corrected chi connectivity index (χ0v) is 18.2. The highest BCUT2D eigenvalue weighted by Gasteiger charge is 2.57. The molecule has 0 aromatic heterocycles. The summed E-state index contributed by atoms with van der Waals surface area (Å²) in [5.74, 6) is -2.69. The number of ether oxygens (including phenoxy) is 3. The molecule has 2 aromatic rings. The van der Waals surface area contributed by atoms with Crippen LogP contribution in [0.5, 0.6) is 11.5 Å². The van der Waals surface area contributed by atoms with E-state index in [1.165, 1.54) is 6.07 Å². The molecule has 1 aliphatic carbocycles. The van der Waals surface area contributed by atoms with Crippen molar-refractivity contribution in [3.05, 3.63) is 62.2 Å². The molecule has 2 aromatic carbocycles. The molecule has 1 spiro atoms. The number of alkyl halides is 3. The fourth-order valence-corrected chi connectivity index (χ4v) is 5.27. The average molecular weight is 538 g/mol. The minimum absolute atomic E-state index is 0.0180. The van der Waals surface area contributed by atoms with Gasteiger partial charge < -0.3 is 14.2 Å². The maximum absolute atomic E-state index is 13.8. The van der Waals surface area contributed by atoms with Crippen LogP contribution in [0.2, 0.25) is 0 Å². The molecule has 0 saturated carbocycles. The van der Waals surface area contributed by atoms with Crippen LogP contribution in [0.3, 0.4) is 0 Å². The van der Waals surface area contributed by atoms with E-state index in [-0.39, 0.29) is 36.7 Å². The molecule has 0 amide bonds. The molecule has 1 unspecified atom stereocenters. The van der Waals surface area contributed by atoms with E-state index in [0.29, 0.717) is 4.47 Å². The van der Waals surface area contributed by atoms with Gasteiger partial charge in [-0.05, 0) is 29.8 Å².